The molecule has 0 spiro atoms. The molecule has 0 aliphatic carbocycles. The van der Waals surface area contributed by atoms with Crippen LogP contribution in [0.2, 0.25) is 5.02 Å². The molecule has 0 atom stereocenters. The van der Waals surface area contributed by atoms with Crippen molar-refractivity contribution in [2.24, 2.45) is 0 Å². The van der Waals surface area contributed by atoms with E-state index in [1.54, 1.807) is 7.05 Å². The summed E-state index contributed by atoms with van der Waals surface area (Å²) in [5, 5.41) is 2.69. The second-order valence-corrected chi connectivity index (χ2v) is 3.76. The maximum absolute atomic E-state index is 13.0. The molecule has 0 bridgehead atoms. The molecule has 1 heterocycles. The van der Waals surface area contributed by atoms with E-state index >= 15 is 0 Å². The lowest BCUT2D eigenvalue weighted by Gasteiger charge is -2.07. The van der Waals surface area contributed by atoms with Crippen LogP contribution in [0.15, 0.2) is 18.2 Å². The molecule has 6 nitrogen and oxygen atoms in total. The molecule has 1 aromatic heterocycles. The topological polar surface area (TPSA) is 69.2 Å². The van der Waals surface area contributed by atoms with Crippen LogP contribution in [0.25, 0.3) is 0 Å². The first-order valence-electron chi connectivity index (χ1n) is 5.23. The summed E-state index contributed by atoms with van der Waals surface area (Å²) in [6.07, 6.45) is 0. The average molecular weight is 285 g/mol. The van der Waals surface area contributed by atoms with Gasteiger partial charge in [-0.3, -0.25) is 0 Å². The van der Waals surface area contributed by atoms with Gasteiger partial charge in [0.05, 0.1) is 12.1 Å². The predicted molar refractivity (Wildman–Crippen MR) is 67.4 cm³/mol. The third kappa shape index (κ3) is 3.19. The van der Waals surface area contributed by atoms with Crippen LogP contribution in [0.1, 0.15) is 0 Å². The number of aromatic nitrogens is 3. The second kappa shape index (κ2) is 5.66. The van der Waals surface area contributed by atoms with Crippen molar-refractivity contribution in [1.29, 1.82) is 0 Å². The van der Waals surface area contributed by atoms with Gasteiger partial charge in [-0.2, -0.15) is 9.97 Å². The summed E-state index contributed by atoms with van der Waals surface area (Å²) < 4.78 is 23.3. The third-order valence-corrected chi connectivity index (χ3v) is 2.39. The molecule has 8 heteroatoms. The molecule has 100 valence electrons. The highest BCUT2D eigenvalue weighted by Gasteiger charge is 2.09. The number of hydrogen-bond acceptors (Lipinski definition) is 6. The van der Waals surface area contributed by atoms with Gasteiger partial charge in [0, 0.05) is 13.1 Å². The fourth-order valence-corrected chi connectivity index (χ4v) is 1.40. The van der Waals surface area contributed by atoms with E-state index in [4.69, 9.17) is 21.1 Å². The quantitative estimate of drug-likeness (QED) is 0.930. The highest BCUT2D eigenvalue weighted by atomic mass is 35.5. The van der Waals surface area contributed by atoms with Gasteiger partial charge in [-0.25, -0.2) is 4.39 Å². The molecule has 2 aromatic rings. The summed E-state index contributed by atoms with van der Waals surface area (Å²) in [5.41, 5.74) is 0. The largest absolute Gasteiger partial charge is 0.467 e. The lowest BCUT2D eigenvalue weighted by atomic mass is 10.3. The molecule has 0 aliphatic heterocycles. The van der Waals surface area contributed by atoms with Crippen molar-refractivity contribution < 1.29 is 13.9 Å². The first-order valence-corrected chi connectivity index (χ1v) is 5.61. The summed E-state index contributed by atoms with van der Waals surface area (Å²) in [4.78, 5) is 11.8. The summed E-state index contributed by atoms with van der Waals surface area (Å²) in [6.45, 7) is 0. The molecule has 0 amide bonds. The van der Waals surface area contributed by atoms with Crippen molar-refractivity contribution in [3.63, 3.8) is 0 Å². The SMILES string of the molecule is CNc1nc(OC)nc(Oc2ccc(F)c(Cl)c2)n1. The van der Waals surface area contributed by atoms with Crippen molar-refractivity contribution in [2.45, 2.75) is 0 Å². The summed E-state index contributed by atoms with van der Waals surface area (Å²) in [5.74, 6) is 0.0647. The van der Waals surface area contributed by atoms with Crippen LogP contribution in [0.5, 0.6) is 17.8 Å². The van der Waals surface area contributed by atoms with Crippen LogP contribution in [-0.4, -0.2) is 29.1 Å². The van der Waals surface area contributed by atoms with Gasteiger partial charge in [-0.15, -0.1) is 4.98 Å². The standard InChI is InChI=1S/C11H10ClFN4O2/c1-14-9-15-10(18-2)17-11(16-9)19-6-3-4-8(13)7(12)5-6/h3-5H,1-2H3,(H,14,15,16,17). The minimum absolute atomic E-state index is 0.0128. The molecule has 0 radical (unpaired) electrons. The van der Waals surface area contributed by atoms with Crippen LogP contribution in [0.4, 0.5) is 10.3 Å². The van der Waals surface area contributed by atoms with Gasteiger partial charge in [-0.05, 0) is 12.1 Å². The molecular formula is C11H10ClFN4O2. The highest BCUT2D eigenvalue weighted by Crippen LogP contribution is 2.25. The van der Waals surface area contributed by atoms with Gasteiger partial charge in [0.15, 0.2) is 0 Å². The Morgan fingerprint density at radius 1 is 1.21 bits per heavy atom. The van der Waals surface area contributed by atoms with Crippen LogP contribution in [-0.2, 0) is 0 Å². The van der Waals surface area contributed by atoms with E-state index < -0.39 is 5.82 Å². The molecule has 0 aliphatic rings. The first kappa shape index (κ1) is 13.3. The second-order valence-electron chi connectivity index (χ2n) is 3.36. The molecule has 0 saturated heterocycles. The van der Waals surface area contributed by atoms with Gasteiger partial charge in [0.2, 0.25) is 5.95 Å². The number of benzene rings is 1. The van der Waals surface area contributed by atoms with Crippen molar-refractivity contribution >= 4 is 17.5 Å². The van der Waals surface area contributed by atoms with E-state index in [0.29, 0.717) is 5.75 Å². The normalized spacial score (nSPS) is 10.1. The Morgan fingerprint density at radius 3 is 2.58 bits per heavy atom. The first-order chi connectivity index (χ1) is 9.12. The number of nitrogens with one attached hydrogen (secondary N) is 1. The third-order valence-electron chi connectivity index (χ3n) is 2.10. The highest BCUT2D eigenvalue weighted by molar-refractivity contribution is 6.30. The van der Waals surface area contributed by atoms with E-state index in [-0.39, 0.29) is 23.0 Å². The van der Waals surface area contributed by atoms with E-state index in [1.165, 1.54) is 25.3 Å². The Labute approximate surface area is 113 Å². The monoisotopic (exact) mass is 284 g/mol. The average Bonchev–Trinajstić information content (AvgIpc) is 2.42. The lowest BCUT2D eigenvalue weighted by molar-refractivity contribution is 0.360. The summed E-state index contributed by atoms with van der Waals surface area (Å²) in [7, 11) is 3.07. The smallest absolute Gasteiger partial charge is 0.330 e. The number of halogens is 2. The molecule has 2 rings (SSSR count). The van der Waals surface area contributed by atoms with Crippen LogP contribution >= 0.6 is 11.6 Å². The minimum Gasteiger partial charge on any atom is -0.467 e. The molecule has 1 aromatic carbocycles. The van der Waals surface area contributed by atoms with E-state index in [0.717, 1.165) is 0 Å². The Kier molecular flexibility index (Phi) is 3.96. The Balaban J connectivity index is 2.29. The van der Waals surface area contributed by atoms with Gasteiger partial charge in [0.1, 0.15) is 11.6 Å². The summed E-state index contributed by atoms with van der Waals surface area (Å²) >= 11 is 5.65. The van der Waals surface area contributed by atoms with Crippen molar-refractivity contribution in [1.82, 2.24) is 15.0 Å². The van der Waals surface area contributed by atoms with Gasteiger partial charge >= 0.3 is 12.0 Å². The maximum atomic E-state index is 13.0. The zero-order valence-corrected chi connectivity index (χ0v) is 10.9. The predicted octanol–water partition coefficient (Wildman–Crippen LogP) is 2.51. The number of ether oxygens (including phenoxy) is 2. The van der Waals surface area contributed by atoms with Crippen molar-refractivity contribution in [3.8, 4) is 17.8 Å². The van der Waals surface area contributed by atoms with Gasteiger partial charge in [0.25, 0.3) is 0 Å². The molecule has 19 heavy (non-hydrogen) atoms. The lowest BCUT2D eigenvalue weighted by Crippen LogP contribution is -2.03. The Bertz CT molecular complexity index is 575. The molecule has 0 unspecified atom stereocenters. The summed E-state index contributed by atoms with van der Waals surface area (Å²) in [6, 6.07) is 4.04. The Hall–Kier alpha value is -2.15. The zero-order chi connectivity index (χ0) is 13.8. The molecular weight excluding hydrogens is 275 g/mol. The van der Waals surface area contributed by atoms with Crippen LogP contribution in [0.3, 0.4) is 0 Å². The molecule has 0 saturated carbocycles. The number of methoxy groups -OCH3 is 1. The maximum Gasteiger partial charge on any atom is 0.330 e. The van der Waals surface area contributed by atoms with Crippen molar-refractivity contribution in [3.05, 3.63) is 29.0 Å². The molecule has 1 N–H and O–H groups in total. The van der Waals surface area contributed by atoms with Crippen LogP contribution < -0.4 is 14.8 Å². The number of hydrogen-bond donors (Lipinski definition) is 1. The van der Waals surface area contributed by atoms with Crippen LogP contribution in [0, 0.1) is 5.82 Å². The van der Waals surface area contributed by atoms with E-state index in [1.807, 2.05) is 0 Å². The number of nitrogens with zero attached hydrogens (tertiary/aromatic N) is 3. The van der Waals surface area contributed by atoms with Crippen molar-refractivity contribution in [2.75, 3.05) is 19.5 Å². The van der Waals surface area contributed by atoms with E-state index in [9.17, 15) is 4.39 Å². The minimum atomic E-state index is -0.529. The fraction of sp³-hybridized carbons (Fsp3) is 0.182. The Morgan fingerprint density at radius 2 is 1.95 bits per heavy atom. The van der Waals surface area contributed by atoms with Gasteiger partial charge < -0.3 is 14.8 Å². The number of rotatable bonds is 4. The van der Waals surface area contributed by atoms with Gasteiger partial charge in [-0.1, -0.05) is 11.6 Å². The number of anilines is 1. The van der Waals surface area contributed by atoms with E-state index in [2.05, 4.69) is 20.3 Å². The fourth-order valence-electron chi connectivity index (χ4n) is 1.23. The molecule has 0 fully saturated rings. The zero-order valence-electron chi connectivity index (χ0n) is 10.1.